The highest BCUT2D eigenvalue weighted by atomic mass is 35.5. The Balaban J connectivity index is 0.00000288. The van der Waals surface area contributed by atoms with Gasteiger partial charge in [-0.2, -0.15) is 0 Å². The molecule has 1 heterocycles. The SMILES string of the molecule is CCN(CC)C(=O)CC1NCCN(Cc2ccccc2F)C1=O.Cl. The lowest BCUT2D eigenvalue weighted by atomic mass is 10.1. The van der Waals surface area contributed by atoms with Crippen LogP contribution in [0.2, 0.25) is 0 Å². The third kappa shape index (κ3) is 4.92. The maximum absolute atomic E-state index is 13.8. The number of carbonyl (C=O) groups excluding carboxylic acids is 2. The zero-order valence-electron chi connectivity index (χ0n) is 14.1. The van der Waals surface area contributed by atoms with Crippen molar-refractivity contribution in [1.29, 1.82) is 0 Å². The maximum atomic E-state index is 13.8. The fraction of sp³-hybridized carbons (Fsp3) is 0.529. The molecule has 1 N–H and O–H groups in total. The number of amides is 2. The standard InChI is InChI=1S/C17H24FN3O2.ClH/c1-3-20(4-2)16(22)11-15-17(23)21(10-9-19-15)12-13-7-5-6-8-14(13)18;/h5-8,15,19H,3-4,9-12H2,1-2H3;1H. The first kappa shape index (κ1) is 20.4. The molecule has 7 heteroatoms. The molecular formula is C17H25ClFN3O2. The quantitative estimate of drug-likeness (QED) is 0.844. The minimum absolute atomic E-state index is 0. The molecule has 0 aromatic heterocycles. The van der Waals surface area contributed by atoms with Crippen LogP contribution in [-0.4, -0.2) is 53.8 Å². The molecule has 134 valence electrons. The number of carbonyl (C=O) groups is 2. The predicted octanol–water partition coefficient (Wildman–Crippen LogP) is 1.81. The highest BCUT2D eigenvalue weighted by Gasteiger charge is 2.31. The molecule has 0 spiro atoms. The number of halogens is 2. The molecule has 0 saturated carbocycles. The number of hydrogen-bond donors (Lipinski definition) is 1. The molecule has 1 aromatic carbocycles. The number of rotatable bonds is 6. The third-order valence-electron chi connectivity index (χ3n) is 4.20. The topological polar surface area (TPSA) is 52.7 Å². The summed E-state index contributed by atoms with van der Waals surface area (Å²) in [5, 5.41) is 3.10. The first-order valence-electron chi connectivity index (χ1n) is 8.10. The molecule has 1 unspecified atom stereocenters. The molecule has 1 aromatic rings. The van der Waals surface area contributed by atoms with Crippen LogP contribution < -0.4 is 5.32 Å². The molecule has 0 bridgehead atoms. The zero-order chi connectivity index (χ0) is 16.8. The molecule has 5 nitrogen and oxygen atoms in total. The smallest absolute Gasteiger partial charge is 0.240 e. The number of nitrogens with one attached hydrogen (secondary N) is 1. The Labute approximate surface area is 148 Å². The van der Waals surface area contributed by atoms with E-state index in [1.165, 1.54) is 6.07 Å². The summed E-state index contributed by atoms with van der Waals surface area (Å²) in [6.45, 7) is 6.47. The van der Waals surface area contributed by atoms with E-state index in [0.717, 1.165) is 0 Å². The molecule has 1 fully saturated rings. The molecule has 1 aliphatic heterocycles. The second-order valence-electron chi connectivity index (χ2n) is 5.63. The minimum atomic E-state index is -0.524. The summed E-state index contributed by atoms with van der Waals surface area (Å²) in [6.07, 6.45) is 0.147. The molecule has 1 atom stereocenters. The van der Waals surface area contributed by atoms with Gasteiger partial charge in [0.15, 0.2) is 0 Å². The first-order chi connectivity index (χ1) is 11.1. The van der Waals surface area contributed by atoms with E-state index < -0.39 is 6.04 Å². The first-order valence-corrected chi connectivity index (χ1v) is 8.10. The summed E-state index contributed by atoms with van der Waals surface area (Å²) in [6, 6.07) is 5.93. The Hall–Kier alpha value is -1.66. The second-order valence-corrected chi connectivity index (χ2v) is 5.63. The molecule has 24 heavy (non-hydrogen) atoms. The van der Waals surface area contributed by atoms with Crippen molar-refractivity contribution in [3.05, 3.63) is 35.6 Å². The van der Waals surface area contributed by atoms with Gasteiger partial charge in [0.2, 0.25) is 11.8 Å². The summed E-state index contributed by atoms with van der Waals surface area (Å²) in [7, 11) is 0. The van der Waals surface area contributed by atoms with Crippen LogP contribution >= 0.6 is 12.4 Å². The van der Waals surface area contributed by atoms with E-state index in [1.807, 2.05) is 13.8 Å². The van der Waals surface area contributed by atoms with E-state index >= 15 is 0 Å². The molecule has 0 aliphatic carbocycles. The van der Waals surface area contributed by atoms with Crippen LogP contribution in [0.3, 0.4) is 0 Å². The normalized spacial score (nSPS) is 17.4. The fourth-order valence-corrected chi connectivity index (χ4v) is 2.82. The van der Waals surface area contributed by atoms with E-state index in [-0.39, 0.29) is 43.0 Å². The summed E-state index contributed by atoms with van der Waals surface area (Å²) in [4.78, 5) is 28.1. The van der Waals surface area contributed by atoms with Gasteiger partial charge >= 0.3 is 0 Å². The number of hydrogen-bond acceptors (Lipinski definition) is 3. The predicted molar refractivity (Wildman–Crippen MR) is 93.4 cm³/mol. The van der Waals surface area contributed by atoms with Crippen LogP contribution in [0.25, 0.3) is 0 Å². The van der Waals surface area contributed by atoms with Crippen molar-refractivity contribution < 1.29 is 14.0 Å². The summed E-state index contributed by atoms with van der Waals surface area (Å²) < 4.78 is 13.8. The lowest BCUT2D eigenvalue weighted by Crippen LogP contribution is -2.56. The van der Waals surface area contributed by atoms with Crippen LogP contribution in [0.15, 0.2) is 24.3 Å². The van der Waals surface area contributed by atoms with Crippen LogP contribution in [0, 0.1) is 5.82 Å². The van der Waals surface area contributed by atoms with Crippen molar-refractivity contribution >= 4 is 24.2 Å². The van der Waals surface area contributed by atoms with E-state index in [2.05, 4.69) is 5.32 Å². The van der Waals surface area contributed by atoms with Gasteiger partial charge in [-0.05, 0) is 19.9 Å². The average Bonchev–Trinajstić information content (AvgIpc) is 2.54. The number of benzene rings is 1. The Bertz CT molecular complexity index is 567. The Morgan fingerprint density at radius 2 is 2.00 bits per heavy atom. The average molecular weight is 358 g/mol. The van der Waals surface area contributed by atoms with E-state index in [9.17, 15) is 14.0 Å². The summed E-state index contributed by atoms with van der Waals surface area (Å²) >= 11 is 0. The monoisotopic (exact) mass is 357 g/mol. The Kier molecular flexibility index (Phi) is 8.15. The van der Waals surface area contributed by atoms with E-state index in [0.29, 0.717) is 31.7 Å². The summed E-state index contributed by atoms with van der Waals surface area (Å²) in [5.74, 6) is -0.483. The van der Waals surface area contributed by atoms with Crippen LogP contribution in [0.4, 0.5) is 4.39 Å². The fourth-order valence-electron chi connectivity index (χ4n) is 2.82. The molecular weight excluding hydrogens is 333 g/mol. The van der Waals surface area contributed by atoms with Crippen molar-refractivity contribution in [2.24, 2.45) is 0 Å². The lowest BCUT2D eigenvalue weighted by Gasteiger charge is -2.34. The minimum Gasteiger partial charge on any atom is -0.343 e. The van der Waals surface area contributed by atoms with Gasteiger partial charge in [0, 0.05) is 38.3 Å². The van der Waals surface area contributed by atoms with Gasteiger partial charge in [-0.3, -0.25) is 9.59 Å². The van der Waals surface area contributed by atoms with Gasteiger partial charge in [0.05, 0.1) is 12.5 Å². The van der Waals surface area contributed by atoms with Crippen molar-refractivity contribution in [3.63, 3.8) is 0 Å². The maximum Gasteiger partial charge on any atom is 0.240 e. The second kappa shape index (κ2) is 9.59. The molecule has 0 radical (unpaired) electrons. The van der Waals surface area contributed by atoms with Crippen LogP contribution in [0.5, 0.6) is 0 Å². The van der Waals surface area contributed by atoms with Gasteiger partial charge in [0.1, 0.15) is 5.82 Å². The van der Waals surface area contributed by atoms with Crippen LogP contribution in [0.1, 0.15) is 25.8 Å². The largest absolute Gasteiger partial charge is 0.343 e. The highest BCUT2D eigenvalue weighted by molar-refractivity contribution is 5.89. The number of nitrogens with zero attached hydrogens (tertiary/aromatic N) is 2. The van der Waals surface area contributed by atoms with Crippen LogP contribution in [-0.2, 0) is 16.1 Å². The zero-order valence-corrected chi connectivity index (χ0v) is 14.9. The molecule has 2 rings (SSSR count). The lowest BCUT2D eigenvalue weighted by molar-refractivity contribution is -0.141. The molecule has 1 saturated heterocycles. The third-order valence-corrected chi connectivity index (χ3v) is 4.20. The van der Waals surface area contributed by atoms with Gasteiger partial charge < -0.3 is 15.1 Å². The highest BCUT2D eigenvalue weighted by Crippen LogP contribution is 2.14. The summed E-state index contributed by atoms with van der Waals surface area (Å²) in [5.41, 5.74) is 0.497. The van der Waals surface area contributed by atoms with E-state index in [4.69, 9.17) is 0 Å². The van der Waals surface area contributed by atoms with Gasteiger partial charge in [-0.1, -0.05) is 18.2 Å². The Morgan fingerprint density at radius 3 is 2.62 bits per heavy atom. The van der Waals surface area contributed by atoms with Crippen molar-refractivity contribution in [3.8, 4) is 0 Å². The van der Waals surface area contributed by atoms with E-state index in [1.54, 1.807) is 28.0 Å². The van der Waals surface area contributed by atoms with Crippen molar-refractivity contribution in [2.75, 3.05) is 26.2 Å². The van der Waals surface area contributed by atoms with Crippen molar-refractivity contribution in [2.45, 2.75) is 32.9 Å². The van der Waals surface area contributed by atoms with Gasteiger partial charge in [-0.25, -0.2) is 4.39 Å². The molecule has 2 amide bonds. The Morgan fingerprint density at radius 1 is 1.33 bits per heavy atom. The van der Waals surface area contributed by atoms with Gasteiger partial charge in [-0.15, -0.1) is 12.4 Å². The van der Waals surface area contributed by atoms with Crippen molar-refractivity contribution in [1.82, 2.24) is 15.1 Å². The molecule has 1 aliphatic rings. The number of piperazine rings is 1. The van der Waals surface area contributed by atoms with Gasteiger partial charge in [0.25, 0.3) is 0 Å².